The lowest BCUT2D eigenvalue weighted by Gasteiger charge is -2.13. The van der Waals surface area contributed by atoms with E-state index in [1.165, 1.54) is 79.8 Å². The predicted octanol–water partition coefficient (Wildman–Crippen LogP) is 13.1. The van der Waals surface area contributed by atoms with E-state index < -0.39 is 0 Å². The molecule has 8 aromatic carbocycles. The van der Waals surface area contributed by atoms with Crippen molar-refractivity contribution in [2.24, 2.45) is 0 Å². The number of rotatable bonds is 2. The number of benzene rings is 8. The molecule has 0 bridgehead atoms. The highest BCUT2D eigenvalue weighted by molar-refractivity contribution is 7.25. The molecule has 0 unspecified atom stereocenters. The normalized spacial score (nSPS) is 12.5. The second-order valence-corrected chi connectivity index (χ2v) is 15.2. The van der Waals surface area contributed by atoms with Gasteiger partial charge in [0.25, 0.3) is 0 Å². The molecular formula is C48H26N4S. The summed E-state index contributed by atoms with van der Waals surface area (Å²) in [5.74, 6) is 0.668. The molecule has 13 aromatic rings. The molecule has 13 rings (SSSR count). The molecule has 0 saturated carbocycles. The van der Waals surface area contributed by atoms with Gasteiger partial charge in [0.2, 0.25) is 5.95 Å². The molecule has 0 saturated heterocycles. The van der Waals surface area contributed by atoms with Crippen LogP contribution in [0, 0.1) is 0 Å². The van der Waals surface area contributed by atoms with Crippen LogP contribution in [0.3, 0.4) is 0 Å². The van der Waals surface area contributed by atoms with Crippen molar-refractivity contribution in [2.45, 2.75) is 0 Å². The van der Waals surface area contributed by atoms with Gasteiger partial charge in [0, 0.05) is 63.4 Å². The standard InChI is InChI=1S/C48H26N4S/c1-2-15-31-30(14-1)42-34-17-5-9-22-39(34)52(47(42)46-43(31)35-19-11-18-32-28-12-4-8-21-38(28)51(46)45(32)35)48-49-37-20-7-3-16-33(37)44(50-48)27-24-25-41-36(26-27)29-13-6-10-23-40(29)53-41/h1-26H. The van der Waals surface area contributed by atoms with E-state index in [0.29, 0.717) is 5.95 Å². The third kappa shape index (κ3) is 3.50. The molecule has 0 aliphatic carbocycles. The summed E-state index contributed by atoms with van der Waals surface area (Å²) < 4.78 is 7.43. The zero-order valence-electron chi connectivity index (χ0n) is 28.2. The number of aromatic nitrogens is 4. The van der Waals surface area contributed by atoms with Gasteiger partial charge in [-0.1, -0.05) is 121 Å². The maximum absolute atomic E-state index is 5.58. The third-order valence-corrected chi connectivity index (χ3v) is 12.6. The Bertz CT molecular complexity index is 3690. The predicted molar refractivity (Wildman–Crippen MR) is 224 cm³/mol. The average Bonchev–Trinajstić information content (AvgIpc) is 3.96. The molecule has 5 aromatic heterocycles. The Morgan fingerprint density at radius 3 is 1.87 bits per heavy atom. The van der Waals surface area contributed by atoms with Crippen molar-refractivity contribution in [1.29, 1.82) is 0 Å². The largest absolute Gasteiger partial charge is 0.306 e. The molecule has 0 radical (unpaired) electrons. The first-order valence-electron chi connectivity index (χ1n) is 18.0. The van der Waals surface area contributed by atoms with Crippen molar-refractivity contribution in [3.63, 3.8) is 0 Å². The van der Waals surface area contributed by atoms with Crippen LogP contribution < -0.4 is 0 Å². The highest BCUT2D eigenvalue weighted by Gasteiger charge is 2.27. The molecule has 0 aliphatic rings. The maximum Gasteiger partial charge on any atom is 0.235 e. The van der Waals surface area contributed by atoms with Crippen molar-refractivity contribution in [2.75, 3.05) is 0 Å². The Morgan fingerprint density at radius 1 is 0.396 bits per heavy atom. The monoisotopic (exact) mass is 690 g/mol. The van der Waals surface area contributed by atoms with Gasteiger partial charge in [0.1, 0.15) is 0 Å². The number of fused-ring (bicyclic) bond motifs is 17. The van der Waals surface area contributed by atoms with E-state index >= 15 is 0 Å². The number of para-hydroxylation sites is 4. The molecule has 5 heteroatoms. The van der Waals surface area contributed by atoms with E-state index in [9.17, 15) is 0 Å². The fourth-order valence-corrected chi connectivity index (χ4v) is 10.4. The quantitative estimate of drug-likeness (QED) is 0.181. The summed E-state index contributed by atoms with van der Waals surface area (Å²) in [5.41, 5.74) is 8.80. The van der Waals surface area contributed by atoms with Gasteiger partial charge in [0.05, 0.1) is 38.8 Å². The van der Waals surface area contributed by atoms with E-state index in [4.69, 9.17) is 9.97 Å². The minimum absolute atomic E-state index is 0.668. The maximum atomic E-state index is 5.58. The van der Waals surface area contributed by atoms with Crippen LogP contribution in [-0.4, -0.2) is 18.9 Å². The summed E-state index contributed by atoms with van der Waals surface area (Å²) in [4.78, 5) is 11.0. The molecule has 5 heterocycles. The topological polar surface area (TPSA) is 35.1 Å². The van der Waals surface area contributed by atoms with Gasteiger partial charge in [-0.2, -0.15) is 0 Å². The summed E-state index contributed by atoms with van der Waals surface area (Å²) in [6, 6.07) is 57.2. The van der Waals surface area contributed by atoms with Gasteiger partial charge in [0.15, 0.2) is 0 Å². The molecule has 0 fully saturated rings. The minimum atomic E-state index is 0.668. The molecule has 0 N–H and O–H groups in total. The van der Waals surface area contributed by atoms with Gasteiger partial charge in [-0.05, 0) is 47.2 Å². The fraction of sp³-hybridized carbons (Fsp3) is 0. The first-order valence-corrected chi connectivity index (χ1v) is 18.8. The van der Waals surface area contributed by atoms with Gasteiger partial charge >= 0.3 is 0 Å². The van der Waals surface area contributed by atoms with Gasteiger partial charge in [-0.15, -0.1) is 11.3 Å². The molecule has 53 heavy (non-hydrogen) atoms. The van der Waals surface area contributed by atoms with E-state index in [1.807, 2.05) is 11.3 Å². The Kier molecular flexibility index (Phi) is 5.22. The lowest BCUT2D eigenvalue weighted by atomic mass is 9.98. The molecular weight excluding hydrogens is 665 g/mol. The Labute approximate surface area is 305 Å². The number of hydrogen-bond donors (Lipinski definition) is 0. The number of hydrogen-bond acceptors (Lipinski definition) is 3. The molecule has 0 atom stereocenters. The summed E-state index contributed by atoms with van der Waals surface area (Å²) in [7, 11) is 0. The van der Waals surface area contributed by atoms with Crippen molar-refractivity contribution >= 4 is 113 Å². The second kappa shape index (κ2) is 9.94. The van der Waals surface area contributed by atoms with E-state index in [0.717, 1.165) is 33.2 Å². The summed E-state index contributed by atoms with van der Waals surface area (Å²) in [6.07, 6.45) is 0. The first kappa shape index (κ1) is 27.8. The lowest BCUT2D eigenvalue weighted by molar-refractivity contribution is 1.01. The Morgan fingerprint density at radius 2 is 1.02 bits per heavy atom. The molecule has 0 aliphatic heterocycles. The highest BCUT2D eigenvalue weighted by Crippen LogP contribution is 2.48. The first-order chi connectivity index (χ1) is 26.3. The summed E-state index contributed by atoms with van der Waals surface area (Å²) in [6.45, 7) is 0. The summed E-state index contributed by atoms with van der Waals surface area (Å²) >= 11 is 1.84. The minimum Gasteiger partial charge on any atom is -0.306 e. The van der Waals surface area contributed by atoms with E-state index in [2.05, 4.69) is 167 Å². The van der Waals surface area contributed by atoms with Crippen LogP contribution in [0.15, 0.2) is 158 Å². The SMILES string of the molecule is c1ccc2c(-c3ccc4sc5ccccc5c4c3)nc(-n3c4ccccc4c4c5ccccc5c5c6cccc7c8ccccc8n(c76)c5c43)nc2c1. The smallest absolute Gasteiger partial charge is 0.235 e. The zero-order valence-corrected chi connectivity index (χ0v) is 29.0. The van der Waals surface area contributed by atoms with Crippen molar-refractivity contribution in [3.8, 4) is 17.2 Å². The van der Waals surface area contributed by atoms with Crippen LogP contribution in [0.5, 0.6) is 0 Å². The second-order valence-electron chi connectivity index (χ2n) is 14.1. The van der Waals surface area contributed by atoms with Crippen LogP contribution in [0.25, 0.3) is 119 Å². The van der Waals surface area contributed by atoms with Crippen molar-refractivity contribution in [1.82, 2.24) is 18.9 Å². The summed E-state index contributed by atoms with van der Waals surface area (Å²) in [5, 5.41) is 13.5. The third-order valence-electron chi connectivity index (χ3n) is 11.4. The number of nitrogens with zero attached hydrogens (tertiary/aromatic N) is 4. The van der Waals surface area contributed by atoms with Crippen LogP contribution in [0.4, 0.5) is 0 Å². The van der Waals surface area contributed by atoms with Crippen LogP contribution in [-0.2, 0) is 0 Å². The van der Waals surface area contributed by atoms with Crippen molar-refractivity contribution in [3.05, 3.63) is 158 Å². The average molecular weight is 691 g/mol. The van der Waals surface area contributed by atoms with E-state index in [-0.39, 0.29) is 0 Å². The molecule has 0 amide bonds. The number of thiophene rings is 1. The van der Waals surface area contributed by atoms with Gasteiger partial charge in [-0.25, -0.2) is 9.97 Å². The van der Waals surface area contributed by atoms with Crippen LogP contribution in [0.2, 0.25) is 0 Å². The zero-order chi connectivity index (χ0) is 34.4. The van der Waals surface area contributed by atoms with Crippen LogP contribution >= 0.6 is 11.3 Å². The molecule has 4 nitrogen and oxygen atoms in total. The highest BCUT2D eigenvalue weighted by atomic mass is 32.1. The molecule has 244 valence electrons. The lowest BCUT2D eigenvalue weighted by Crippen LogP contribution is -2.04. The fourth-order valence-electron chi connectivity index (χ4n) is 9.31. The Hall–Kier alpha value is -6.82. The Balaban J connectivity index is 1.25. The van der Waals surface area contributed by atoms with Crippen LogP contribution in [0.1, 0.15) is 0 Å². The van der Waals surface area contributed by atoms with E-state index in [1.54, 1.807) is 0 Å². The van der Waals surface area contributed by atoms with Crippen molar-refractivity contribution < 1.29 is 0 Å². The molecule has 0 spiro atoms. The van der Waals surface area contributed by atoms with Gasteiger partial charge in [-0.3, -0.25) is 4.57 Å². The van der Waals surface area contributed by atoms with Gasteiger partial charge < -0.3 is 4.40 Å².